The Morgan fingerprint density at radius 2 is 2.07 bits per heavy atom. The van der Waals surface area contributed by atoms with E-state index in [9.17, 15) is 13.2 Å². The van der Waals surface area contributed by atoms with E-state index in [1.54, 1.807) is 34.9 Å². The number of anilines is 1. The maximum absolute atomic E-state index is 12.7. The highest BCUT2D eigenvalue weighted by Gasteiger charge is 2.17. The van der Waals surface area contributed by atoms with Gasteiger partial charge in [-0.3, -0.25) is 13.9 Å². The van der Waals surface area contributed by atoms with Crippen molar-refractivity contribution in [2.24, 2.45) is 0 Å². The van der Waals surface area contributed by atoms with Gasteiger partial charge in [0.05, 0.1) is 12.2 Å². The summed E-state index contributed by atoms with van der Waals surface area (Å²) >= 11 is 1.12. The van der Waals surface area contributed by atoms with Crippen LogP contribution in [0.2, 0.25) is 0 Å². The summed E-state index contributed by atoms with van der Waals surface area (Å²) in [6.45, 7) is 1.71. The number of hydrogen-bond donors (Lipinski definition) is 2. The van der Waals surface area contributed by atoms with E-state index < -0.39 is 10.0 Å². The molecule has 4 rings (SSSR count). The molecule has 0 aliphatic rings. The second-order valence-electron chi connectivity index (χ2n) is 6.27. The van der Waals surface area contributed by atoms with Crippen molar-refractivity contribution >= 4 is 38.7 Å². The van der Waals surface area contributed by atoms with Crippen LogP contribution in [0.15, 0.2) is 65.3 Å². The van der Waals surface area contributed by atoms with E-state index in [0.717, 1.165) is 21.8 Å². The molecule has 29 heavy (non-hydrogen) atoms. The van der Waals surface area contributed by atoms with E-state index in [-0.39, 0.29) is 10.1 Å². The molecule has 3 heterocycles. The van der Waals surface area contributed by atoms with E-state index in [4.69, 9.17) is 0 Å². The fourth-order valence-corrected chi connectivity index (χ4v) is 5.07. The van der Waals surface area contributed by atoms with Crippen LogP contribution < -0.4 is 10.0 Å². The quantitative estimate of drug-likeness (QED) is 0.492. The number of fused-ring (bicyclic) bond motifs is 1. The number of carbonyl (C=O) groups is 1. The molecular formula is C19H17N5O3S2. The Hall–Kier alpha value is -3.24. The van der Waals surface area contributed by atoms with Gasteiger partial charge in [-0.1, -0.05) is 12.1 Å². The highest BCUT2D eigenvalue weighted by Crippen LogP contribution is 2.26. The monoisotopic (exact) mass is 427 g/mol. The van der Waals surface area contributed by atoms with Crippen molar-refractivity contribution in [3.8, 4) is 11.3 Å². The minimum absolute atomic E-state index is 0.167. The molecule has 3 aromatic heterocycles. The first-order chi connectivity index (χ1) is 13.9. The Balaban J connectivity index is 1.56. The van der Waals surface area contributed by atoms with Crippen LogP contribution in [-0.4, -0.2) is 28.7 Å². The van der Waals surface area contributed by atoms with E-state index in [1.165, 1.54) is 13.0 Å². The van der Waals surface area contributed by atoms with Crippen molar-refractivity contribution in [2.75, 3.05) is 4.72 Å². The van der Waals surface area contributed by atoms with Crippen molar-refractivity contribution in [1.29, 1.82) is 0 Å². The first-order valence-corrected chi connectivity index (χ1v) is 11.0. The number of sulfonamides is 1. The molecule has 0 saturated carbocycles. The van der Waals surface area contributed by atoms with Gasteiger partial charge >= 0.3 is 0 Å². The molecule has 148 valence electrons. The van der Waals surface area contributed by atoms with E-state index in [0.29, 0.717) is 23.7 Å². The number of aromatic nitrogens is 3. The van der Waals surface area contributed by atoms with Gasteiger partial charge in [-0.25, -0.2) is 18.4 Å². The normalized spacial score (nSPS) is 11.5. The summed E-state index contributed by atoms with van der Waals surface area (Å²) in [6, 6.07) is 12.1. The smallest absolute Gasteiger partial charge is 0.271 e. The predicted octanol–water partition coefficient (Wildman–Crippen LogP) is 2.89. The van der Waals surface area contributed by atoms with Gasteiger partial charge in [-0.05, 0) is 30.3 Å². The molecule has 0 radical (unpaired) electrons. The maximum Gasteiger partial charge on any atom is 0.271 e. The zero-order valence-corrected chi connectivity index (χ0v) is 17.0. The number of nitrogens with one attached hydrogen (secondary N) is 2. The van der Waals surface area contributed by atoms with Crippen LogP contribution in [0.25, 0.3) is 17.0 Å². The Labute approximate surface area is 171 Å². The summed E-state index contributed by atoms with van der Waals surface area (Å²) in [5, 5.41) is 2.66. The molecule has 2 N–H and O–H groups in total. The van der Waals surface area contributed by atoms with Gasteiger partial charge in [0.25, 0.3) is 10.0 Å². The largest absolute Gasteiger partial charge is 0.351 e. The number of imidazole rings is 1. The summed E-state index contributed by atoms with van der Waals surface area (Å²) in [5.74, 6) is 0.402. The van der Waals surface area contributed by atoms with Crippen molar-refractivity contribution in [2.45, 2.75) is 17.7 Å². The molecule has 1 amide bonds. The predicted molar refractivity (Wildman–Crippen MR) is 111 cm³/mol. The van der Waals surface area contributed by atoms with Crippen LogP contribution >= 0.6 is 11.3 Å². The standard InChI is InChI=1S/C19H17N5O3S2/c1-13(25)21-11-16-6-7-18(28-16)29(26,27)23-15-5-2-4-14(10-15)17-12-24-9-3-8-20-19(24)22-17/h2-10,12,23H,11H2,1H3,(H,21,25). The average molecular weight is 428 g/mol. The summed E-state index contributed by atoms with van der Waals surface area (Å²) in [6.07, 6.45) is 5.35. The molecule has 8 nitrogen and oxygen atoms in total. The van der Waals surface area contributed by atoms with Crippen LogP contribution in [0, 0.1) is 0 Å². The van der Waals surface area contributed by atoms with Crippen molar-refractivity contribution in [1.82, 2.24) is 19.7 Å². The summed E-state index contributed by atoms with van der Waals surface area (Å²) in [4.78, 5) is 20.4. The Kier molecular flexibility index (Phi) is 5.03. The molecule has 10 heteroatoms. The fourth-order valence-electron chi connectivity index (χ4n) is 2.73. The van der Waals surface area contributed by atoms with Gasteiger partial charge in [0, 0.05) is 41.6 Å². The molecule has 0 atom stereocenters. The van der Waals surface area contributed by atoms with Gasteiger partial charge in [0.15, 0.2) is 0 Å². The SMILES string of the molecule is CC(=O)NCc1ccc(S(=O)(=O)Nc2cccc(-c3cn4cccnc4n3)c2)s1. The number of nitrogens with zero attached hydrogens (tertiary/aromatic N) is 3. The zero-order chi connectivity index (χ0) is 20.4. The second kappa shape index (κ2) is 7.64. The molecule has 0 aliphatic heterocycles. The summed E-state index contributed by atoms with van der Waals surface area (Å²) in [7, 11) is -3.74. The lowest BCUT2D eigenvalue weighted by atomic mass is 10.1. The molecule has 0 bridgehead atoms. The molecule has 0 fully saturated rings. The van der Waals surface area contributed by atoms with Gasteiger partial charge < -0.3 is 5.32 Å². The minimum atomic E-state index is -3.74. The highest BCUT2D eigenvalue weighted by molar-refractivity contribution is 7.94. The van der Waals surface area contributed by atoms with Crippen molar-refractivity contribution in [3.63, 3.8) is 0 Å². The van der Waals surface area contributed by atoms with Crippen molar-refractivity contribution in [3.05, 3.63) is 65.9 Å². The number of carbonyl (C=O) groups excluding carboxylic acids is 1. The van der Waals surface area contributed by atoms with Crippen molar-refractivity contribution < 1.29 is 13.2 Å². The Morgan fingerprint density at radius 1 is 1.21 bits per heavy atom. The third-order valence-electron chi connectivity index (χ3n) is 4.06. The molecular weight excluding hydrogens is 410 g/mol. The maximum atomic E-state index is 12.7. The van der Waals surface area contributed by atoms with Crippen LogP contribution in [0.1, 0.15) is 11.8 Å². The Bertz CT molecular complexity index is 1260. The van der Waals surface area contributed by atoms with Gasteiger partial charge in [0.2, 0.25) is 11.7 Å². The zero-order valence-electron chi connectivity index (χ0n) is 15.4. The molecule has 0 unspecified atom stereocenters. The van der Waals surface area contributed by atoms with Crippen LogP contribution in [0.5, 0.6) is 0 Å². The van der Waals surface area contributed by atoms with Gasteiger partial charge in [-0.15, -0.1) is 11.3 Å². The second-order valence-corrected chi connectivity index (χ2v) is 9.35. The minimum Gasteiger partial charge on any atom is -0.351 e. The number of hydrogen-bond acceptors (Lipinski definition) is 6. The molecule has 0 saturated heterocycles. The molecule has 0 spiro atoms. The third-order valence-corrected chi connectivity index (χ3v) is 7.02. The lowest BCUT2D eigenvalue weighted by Gasteiger charge is -2.07. The lowest BCUT2D eigenvalue weighted by Crippen LogP contribution is -2.18. The van der Waals surface area contributed by atoms with Crippen LogP contribution in [-0.2, 0) is 21.4 Å². The average Bonchev–Trinajstić information content (AvgIpc) is 3.33. The van der Waals surface area contributed by atoms with E-state index in [2.05, 4.69) is 20.0 Å². The topological polar surface area (TPSA) is 105 Å². The van der Waals surface area contributed by atoms with Crippen LogP contribution in [0.4, 0.5) is 5.69 Å². The van der Waals surface area contributed by atoms with Crippen LogP contribution in [0.3, 0.4) is 0 Å². The number of thiophene rings is 1. The van der Waals surface area contributed by atoms with E-state index >= 15 is 0 Å². The molecule has 1 aromatic carbocycles. The number of benzene rings is 1. The molecule has 4 aromatic rings. The summed E-state index contributed by atoms with van der Waals surface area (Å²) < 4.78 is 30.0. The first kappa shape index (κ1) is 19.1. The fraction of sp³-hybridized carbons (Fsp3) is 0.105. The molecule has 0 aliphatic carbocycles. The van der Waals surface area contributed by atoms with E-state index in [1.807, 2.05) is 24.5 Å². The number of amides is 1. The number of rotatable bonds is 6. The highest BCUT2D eigenvalue weighted by atomic mass is 32.2. The van der Waals surface area contributed by atoms with Gasteiger partial charge in [0.1, 0.15) is 4.21 Å². The lowest BCUT2D eigenvalue weighted by molar-refractivity contribution is -0.119. The Morgan fingerprint density at radius 3 is 2.86 bits per heavy atom. The summed E-state index contributed by atoms with van der Waals surface area (Å²) in [5.41, 5.74) is 1.90. The van der Waals surface area contributed by atoms with Gasteiger partial charge in [-0.2, -0.15) is 0 Å². The third kappa shape index (κ3) is 4.28. The first-order valence-electron chi connectivity index (χ1n) is 8.67.